The van der Waals surface area contributed by atoms with Crippen molar-refractivity contribution < 1.29 is 28.4 Å². The summed E-state index contributed by atoms with van der Waals surface area (Å²) < 4.78 is 43.2. The summed E-state index contributed by atoms with van der Waals surface area (Å²) in [5.74, 6) is 5.15. The average Bonchev–Trinajstić information content (AvgIpc) is 0.765. The van der Waals surface area contributed by atoms with Gasteiger partial charge in [-0.3, -0.25) is 0 Å². The molecular weight excluding hydrogens is 1210 g/mol. The zero-order valence-corrected chi connectivity index (χ0v) is 66.0. The Hall–Kier alpha value is -3.19. The van der Waals surface area contributed by atoms with Crippen LogP contribution in [0.4, 0.5) is 0 Å². The van der Waals surface area contributed by atoms with Crippen LogP contribution >= 0.6 is 0 Å². The molecular formula is C90H159O6S+. The van der Waals surface area contributed by atoms with E-state index in [0.717, 1.165) is 82.8 Å². The Morgan fingerprint density at radius 1 is 0.196 bits per heavy atom. The van der Waals surface area contributed by atoms with Crippen LogP contribution in [0.1, 0.15) is 427 Å². The van der Waals surface area contributed by atoms with E-state index in [1.54, 1.807) is 0 Å². The number of ether oxygens (including phenoxy) is 6. The Balaban J connectivity index is 2.19. The van der Waals surface area contributed by atoms with E-state index in [-0.39, 0.29) is 0 Å². The molecule has 97 heavy (non-hydrogen) atoms. The summed E-state index contributed by atoms with van der Waals surface area (Å²) in [6.07, 6.45) is 77.4. The molecule has 0 saturated heterocycles. The van der Waals surface area contributed by atoms with Crippen molar-refractivity contribution in [2.75, 3.05) is 39.6 Å². The first-order valence-electron chi connectivity index (χ1n) is 43.0. The lowest BCUT2D eigenvalue weighted by Gasteiger charge is -2.22. The Labute approximate surface area is 606 Å². The van der Waals surface area contributed by atoms with E-state index in [1.165, 1.54) is 352 Å². The number of unbranched alkanes of at least 4 members (excludes halogenated alkanes) is 54. The lowest BCUT2D eigenvalue weighted by atomic mass is 10.1. The van der Waals surface area contributed by atoms with Crippen LogP contribution in [0, 0.1) is 0 Å². The van der Waals surface area contributed by atoms with Gasteiger partial charge < -0.3 is 28.4 Å². The first kappa shape index (κ1) is 88.0. The normalized spacial score (nSPS) is 11.5. The molecule has 0 bridgehead atoms. The van der Waals surface area contributed by atoms with E-state index in [2.05, 4.69) is 96.1 Å². The molecule has 0 aliphatic carbocycles. The first-order chi connectivity index (χ1) is 48.1. The standard InChI is InChI=1S/C90H159O6S/c1-7-13-19-25-31-37-43-49-55-64-72-91-82-78-85(93-74-66-57-51-45-39-33-27-21-15-9-3)89(86(79-82)94-75-67-58-52-46-40-34-28-22-16-10-4)97(84-70-62-61-63-71-84)90-87(95-76-68-59-53-47-41-35-29-23-17-11-5)80-83(92-73-65-56-50-44-38-32-26-20-14-8-2)81-88(90)96-77-69-60-54-48-42-36-30-24-18-12-6/h61-63,70-71,78-81H,7-60,64-69,72-77H2,1-6H3/q+1. The average molecular weight is 1370 g/mol. The van der Waals surface area contributed by atoms with Gasteiger partial charge in [-0.2, -0.15) is 0 Å². The van der Waals surface area contributed by atoms with Crippen molar-refractivity contribution in [1.29, 1.82) is 0 Å². The van der Waals surface area contributed by atoms with Crippen molar-refractivity contribution in [2.24, 2.45) is 0 Å². The molecule has 0 N–H and O–H groups in total. The molecule has 0 amide bonds. The van der Waals surface area contributed by atoms with Crippen molar-refractivity contribution in [3.63, 3.8) is 0 Å². The van der Waals surface area contributed by atoms with Crippen molar-refractivity contribution in [1.82, 2.24) is 0 Å². The second kappa shape index (κ2) is 67.3. The summed E-state index contributed by atoms with van der Waals surface area (Å²) in [7, 11) is -0.781. The molecule has 0 saturated carbocycles. The SMILES string of the molecule is CCCCCCCCCCCCOc1cc(OCCCCCCCCCCCC)c([S+](c2ccccc2)c2c(OCCCCCCCCCCCC)cc(OCCCCCCCCCCCC)cc2OCCCCCCCCCCCC)c(OCCCCCCCCCCCC)c1. The van der Waals surface area contributed by atoms with E-state index in [9.17, 15) is 0 Å². The van der Waals surface area contributed by atoms with Crippen molar-refractivity contribution in [3.05, 3.63) is 54.6 Å². The van der Waals surface area contributed by atoms with Gasteiger partial charge in [0.2, 0.25) is 0 Å². The van der Waals surface area contributed by atoms with Gasteiger partial charge in [0.05, 0.1) is 39.6 Å². The predicted octanol–water partition coefficient (Wildman–Crippen LogP) is 30.6. The third-order valence-corrected chi connectivity index (χ3v) is 22.3. The van der Waals surface area contributed by atoms with Crippen LogP contribution in [0.5, 0.6) is 34.5 Å². The second-order valence-corrected chi connectivity index (χ2v) is 31.2. The number of hydrogen-bond donors (Lipinski definition) is 0. The molecule has 0 heterocycles. The quantitative estimate of drug-likeness (QED) is 0.0415. The molecule has 3 rings (SSSR count). The lowest BCUT2D eigenvalue weighted by Crippen LogP contribution is -2.15. The third-order valence-electron chi connectivity index (χ3n) is 19.9. The second-order valence-electron chi connectivity index (χ2n) is 29.3. The molecule has 6 nitrogen and oxygen atoms in total. The maximum atomic E-state index is 7.34. The van der Waals surface area contributed by atoms with Gasteiger partial charge in [-0.05, 0) is 50.7 Å². The summed E-state index contributed by atoms with van der Waals surface area (Å²) in [5.41, 5.74) is 0. The molecule has 7 heteroatoms. The monoisotopic (exact) mass is 1370 g/mol. The van der Waals surface area contributed by atoms with E-state index in [4.69, 9.17) is 28.4 Å². The van der Waals surface area contributed by atoms with Gasteiger partial charge in [0.1, 0.15) is 22.4 Å². The summed E-state index contributed by atoms with van der Waals surface area (Å²) in [5, 5.41) is 0. The molecule has 0 fully saturated rings. The van der Waals surface area contributed by atoms with Gasteiger partial charge in [0, 0.05) is 24.3 Å². The fourth-order valence-electron chi connectivity index (χ4n) is 13.6. The van der Waals surface area contributed by atoms with Gasteiger partial charge in [0.25, 0.3) is 9.79 Å². The minimum atomic E-state index is -0.781. The third kappa shape index (κ3) is 47.6. The highest BCUT2D eigenvalue weighted by Gasteiger charge is 2.43. The molecule has 560 valence electrons. The highest BCUT2D eigenvalue weighted by molar-refractivity contribution is 7.97. The molecule has 0 unspecified atom stereocenters. The molecule has 0 aliphatic rings. The first-order valence-corrected chi connectivity index (χ1v) is 44.3. The summed E-state index contributed by atoms with van der Waals surface area (Å²) in [4.78, 5) is 3.34. The van der Waals surface area contributed by atoms with Crippen LogP contribution in [0.2, 0.25) is 0 Å². The largest absolute Gasteiger partial charge is 0.493 e. The Morgan fingerprint density at radius 3 is 0.546 bits per heavy atom. The van der Waals surface area contributed by atoms with Gasteiger partial charge in [-0.15, -0.1) is 0 Å². The van der Waals surface area contributed by atoms with Crippen LogP contribution in [0.25, 0.3) is 0 Å². The van der Waals surface area contributed by atoms with Crippen LogP contribution in [0.3, 0.4) is 0 Å². The summed E-state index contributed by atoms with van der Waals surface area (Å²) in [6.45, 7) is 17.8. The summed E-state index contributed by atoms with van der Waals surface area (Å²) in [6, 6.07) is 20.2. The van der Waals surface area contributed by atoms with Gasteiger partial charge in [-0.1, -0.05) is 406 Å². The zero-order chi connectivity index (χ0) is 69.0. The highest BCUT2D eigenvalue weighted by Crippen LogP contribution is 2.51. The van der Waals surface area contributed by atoms with Crippen molar-refractivity contribution in [2.45, 2.75) is 441 Å². The maximum absolute atomic E-state index is 7.34. The number of hydrogen-bond acceptors (Lipinski definition) is 6. The minimum absolute atomic E-state index is 0.644. The smallest absolute Gasteiger partial charge is 0.250 e. The van der Waals surface area contributed by atoms with Crippen LogP contribution in [-0.4, -0.2) is 39.6 Å². The topological polar surface area (TPSA) is 55.4 Å². The van der Waals surface area contributed by atoms with Gasteiger partial charge >= 0.3 is 0 Å². The highest BCUT2D eigenvalue weighted by atomic mass is 32.2. The number of rotatable bonds is 75. The molecule has 0 aliphatic heterocycles. The molecule has 3 aromatic carbocycles. The summed E-state index contributed by atoms with van der Waals surface area (Å²) >= 11 is 0. The van der Waals surface area contributed by atoms with Gasteiger partial charge in [0.15, 0.2) is 27.9 Å². The van der Waals surface area contributed by atoms with Crippen molar-refractivity contribution in [3.8, 4) is 34.5 Å². The Bertz CT molecular complexity index is 1900. The molecule has 0 aromatic heterocycles. The van der Waals surface area contributed by atoms with Gasteiger partial charge in [-0.25, -0.2) is 0 Å². The van der Waals surface area contributed by atoms with Crippen molar-refractivity contribution >= 4 is 10.9 Å². The molecule has 0 spiro atoms. The van der Waals surface area contributed by atoms with E-state index >= 15 is 0 Å². The van der Waals surface area contributed by atoms with E-state index in [0.29, 0.717) is 39.6 Å². The Morgan fingerprint density at radius 2 is 0.361 bits per heavy atom. The zero-order valence-electron chi connectivity index (χ0n) is 65.2. The Kier molecular flexibility index (Phi) is 61.1. The maximum Gasteiger partial charge on any atom is 0.250 e. The fraction of sp³-hybridized carbons (Fsp3) is 0.800. The van der Waals surface area contributed by atoms with Crippen LogP contribution in [-0.2, 0) is 10.9 Å². The molecule has 0 radical (unpaired) electrons. The van der Waals surface area contributed by atoms with Crippen LogP contribution in [0.15, 0.2) is 69.3 Å². The van der Waals surface area contributed by atoms with E-state index in [1.807, 2.05) is 0 Å². The van der Waals surface area contributed by atoms with Crippen LogP contribution < -0.4 is 28.4 Å². The predicted molar refractivity (Wildman–Crippen MR) is 426 cm³/mol. The lowest BCUT2D eigenvalue weighted by molar-refractivity contribution is 0.263. The number of benzene rings is 3. The minimum Gasteiger partial charge on any atom is -0.493 e. The van der Waals surface area contributed by atoms with E-state index < -0.39 is 10.9 Å². The molecule has 0 atom stereocenters. The fourth-order valence-corrected chi connectivity index (χ4v) is 16.0. The molecule has 3 aromatic rings.